The summed E-state index contributed by atoms with van der Waals surface area (Å²) in [6, 6.07) is 18.4. The highest BCUT2D eigenvalue weighted by Gasteiger charge is 2.18. The van der Waals surface area contributed by atoms with Gasteiger partial charge in [0.2, 0.25) is 0 Å². The number of pyridine rings is 1. The van der Waals surface area contributed by atoms with Crippen LogP contribution in [0.3, 0.4) is 0 Å². The molecule has 0 fully saturated rings. The highest BCUT2D eigenvalue weighted by Crippen LogP contribution is 2.32. The number of fused-ring (bicyclic) bond motifs is 1. The van der Waals surface area contributed by atoms with Gasteiger partial charge in [-0.3, -0.25) is 10.8 Å². The zero-order valence-electron chi connectivity index (χ0n) is 11.8. The maximum atomic E-state index is 5.86. The third kappa shape index (κ3) is 2.65. The molecule has 21 heavy (non-hydrogen) atoms. The van der Waals surface area contributed by atoms with E-state index in [0.717, 1.165) is 16.5 Å². The van der Waals surface area contributed by atoms with Gasteiger partial charge in [0, 0.05) is 22.0 Å². The monoisotopic (exact) mass is 295 g/mol. The number of nitrogens with two attached hydrogens (primary N) is 1. The van der Waals surface area contributed by atoms with Crippen LogP contribution in [0.4, 0.5) is 0 Å². The van der Waals surface area contributed by atoms with Crippen molar-refractivity contribution in [2.75, 3.05) is 6.26 Å². The van der Waals surface area contributed by atoms with Crippen LogP contribution in [0.15, 0.2) is 65.7 Å². The van der Waals surface area contributed by atoms with Crippen molar-refractivity contribution in [1.82, 2.24) is 10.4 Å². The molecule has 3 aromatic rings. The van der Waals surface area contributed by atoms with Gasteiger partial charge in [0.15, 0.2) is 0 Å². The Bertz CT molecular complexity index is 752. The lowest BCUT2D eigenvalue weighted by molar-refractivity contribution is 0.631. The van der Waals surface area contributed by atoms with E-state index in [0.29, 0.717) is 0 Å². The lowest BCUT2D eigenvalue weighted by Gasteiger charge is -2.20. The second kappa shape index (κ2) is 6.26. The van der Waals surface area contributed by atoms with Gasteiger partial charge in [-0.2, -0.15) is 0 Å². The van der Waals surface area contributed by atoms with Crippen LogP contribution in [0.25, 0.3) is 10.9 Å². The van der Waals surface area contributed by atoms with Gasteiger partial charge in [0.25, 0.3) is 0 Å². The molecule has 0 spiro atoms. The van der Waals surface area contributed by atoms with Gasteiger partial charge in [-0.05, 0) is 24.0 Å². The van der Waals surface area contributed by atoms with E-state index in [9.17, 15) is 0 Å². The maximum absolute atomic E-state index is 5.86. The summed E-state index contributed by atoms with van der Waals surface area (Å²) in [5, 5.41) is 1.12. The molecule has 0 radical (unpaired) electrons. The largest absolute Gasteiger partial charge is 0.271 e. The van der Waals surface area contributed by atoms with Crippen LogP contribution in [0, 0.1) is 0 Å². The summed E-state index contributed by atoms with van der Waals surface area (Å²) < 4.78 is 0. The Morgan fingerprint density at radius 2 is 1.76 bits per heavy atom. The van der Waals surface area contributed by atoms with Crippen molar-refractivity contribution in [2.24, 2.45) is 5.84 Å². The van der Waals surface area contributed by atoms with Crippen molar-refractivity contribution in [1.29, 1.82) is 0 Å². The second-order valence-corrected chi connectivity index (χ2v) is 5.61. The highest BCUT2D eigenvalue weighted by molar-refractivity contribution is 7.98. The molecule has 4 heteroatoms. The summed E-state index contributed by atoms with van der Waals surface area (Å²) in [6.07, 6.45) is 3.90. The molecule has 1 aromatic heterocycles. The molecule has 0 amide bonds. The molecule has 106 valence electrons. The molecule has 1 heterocycles. The van der Waals surface area contributed by atoms with E-state index >= 15 is 0 Å². The molecular weight excluding hydrogens is 278 g/mol. The van der Waals surface area contributed by atoms with Gasteiger partial charge in [-0.25, -0.2) is 5.43 Å². The second-order valence-electron chi connectivity index (χ2n) is 4.76. The van der Waals surface area contributed by atoms with Crippen LogP contribution < -0.4 is 11.3 Å². The van der Waals surface area contributed by atoms with E-state index in [2.05, 4.69) is 47.0 Å². The summed E-state index contributed by atoms with van der Waals surface area (Å²) in [6.45, 7) is 0. The van der Waals surface area contributed by atoms with E-state index in [1.54, 1.807) is 11.8 Å². The van der Waals surface area contributed by atoms with E-state index in [1.165, 1.54) is 10.5 Å². The molecule has 0 saturated carbocycles. The predicted octanol–water partition coefficient (Wildman–Crippen LogP) is 3.51. The van der Waals surface area contributed by atoms with Crippen molar-refractivity contribution in [2.45, 2.75) is 10.9 Å². The minimum atomic E-state index is -0.0766. The molecule has 0 saturated heterocycles. The summed E-state index contributed by atoms with van der Waals surface area (Å²) in [4.78, 5) is 5.74. The van der Waals surface area contributed by atoms with E-state index in [-0.39, 0.29) is 6.04 Å². The Morgan fingerprint density at radius 3 is 2.57 bits per heavy atom. The van der Waals surface area contributed by atoms with Crippen LogP contribution in [-0.4, -0.2) is 11.2 Å². The van der Waals surface area contributed by atoms with Crippen molar-refractivity contribution >= 4 is 22.7 Å². The molecule has 0 aliphatic heterocycles. The molecule has 1 atom stereocenters. The molecule has 0 aliphatic carbocycles. The van der Waals surface area contributed by atoms with Crippen molar-refractivity contribution in [3.05, 3.63) is 71.9 Å². The quantitative estimate of drug-likeness (QED) is 0.439. The predicted molar refractivity (Wildman–Crippen MR) is 89.1 cm³/mol. The first kappa shape index (κ1) is 14.1. The van der Waals surface area contributed by atoms with Gasteiger partial charge < -0.3 is 0 Å². The maximum Gasteiger partial charge on any atom is 0.0753 e. The molecule has 3 N–H and O–H groups in total. The molecule has 3 nitrogen and oxygen atoms in total. The zero-order valence-corrected chi connectivity index (χ0v) is 12.6. The number of nitrogens with zero attached hydrogens (tertiary/aromatic N) is 1. The average molecular weight is 295 g/mol. The summed E-state index contributed by atoms with van der Waals surface area (Å²) in [7, 11) is 0. The Morgan fingerprint density at radius 1 is 1.00 bits per heavy atom. The molecule has 3 rings (SSSR count). The lowest BCUT2D eigenvalue weighted by Crippen LogP contribution is -2.29. The minimum Gasteiger partial charge on any atom is -0.271 e. The van der Waals surface area contributed by atoms with Gasteiger partial charge in [-0.1, -0.05) is 42.5 Å². The number of nitrogens with one attached hydrogen (secondary N) is 1. The van der Waals surface area contributed by atoms with E-state index < -0.39 is 0 Å². The first-order valence-corrected chi connectivity index (χ1v) is 8.00. The number of thioether (sulfide) groups is 1. The van der Waals surface area contributed by atoms with Crippen LogP contribution in [0.1, 0.15) is 17.2 Å². The standard InChI is InChI=1S/C17H17N3S/c1-21-15-10-3-2-8-13(15)17(20-18)14-9-4-6-12-7-5-11-19-16(12)14/h2-11,17,20H,18H2,1H3. The Balaban J connectivity index is 2.19. The summed E-state index contributed by atoms with van der Waals surface area (Å²) in [5.41, 5.74) is 6.20. The highest BCUT2D eigenvalue weighted by atomic mass is 32.2. The number of hydrogen-bond donors (Lipinski definition) is 2. The van der Waals surface area contributed by atoms with Gasteiger partial charge in [0.1, 0.15) is 0 Å². The van der Waals surface area contributed by atoms with Crippen molar-refractivity contribution in [3.8, 4) is 0 Å². The number of hydrazine groups is 1. The summed E-state index contributed by atoms with van der Waals surface area (Å²) in [5.74, 6) is 5.86. The number of hydrogen-bond acceptors (Lipinski definition) is 4. The Hall–Kier alpha value is -1.88. The third-order valence-electron chi connectivity index (χ3n) is 3.59. The van der Waals surface area contributed by atoms with E-state index in [1.807, 2.05) is 30.5 Å². The number of rotatable bonds is 4. The number of aromatic nitrogens is 1. The molecule has 0 aliphatic rings. The summed E-state index contributed by atoms with van der Waals surface area (Å²) >= 11 is 1.72. The zero-order chi connectivity index (χ0) is 14.7. The Kier molecular flexibility index (Phi) is 4.20. The van der Waals surface area contributed by atoms with E-state index in [4.69, 9.17) is 5.84 Å². The molecule has 2 aromatic carbocycles. The van der Waals surface area contributed by atoms with Gasteiger partial charge in [-0.15, -0.1) is 11.8 Å². The van der Waals surface area contributed by atoms with Crippen LogP contribution in [-0.2, 0) is 0 Å². The third-order valence-corrected chi connectivity index (χ3v) is 4.40. The van der Waals surface area contributed by atoms with Crippen LogP contribution in [0.5, 0.6) is 0 Å². The molecule has 0 bridgehead atoms. The van der Waals surface area contributed by atoms with Crippen LogP contribution >= 0.6 is 11.8 Å². The SMILES string of the molecule is CSc1ccccc1C(NN)c1cccc2cccnc12. The molecular formula is C17H17N3S. The normalized spacial score (nSPS) is 12.5. The van der Waals surface area contributed by atoms with Crippen molar-refractivity contribution in [3.63, 3.8) is 0 Å². The van der Waals surface area contributed by atoms with Gasteiger partial charge in [0.05, 0.1) is 11.6 Å². The Labute approximate surface area is 128 Å². The fraction of sp³-hybridized carbons (Fsp3) is 0.118. The first-order chi connectivity index (χ1) is 10.3. The first-order valence-electron chi connectivity index (χ1n) is 6.78. The van der Waals surface area contributed by atoms with Crippen molar-refractivity contribution < 1.29 is 0 Å². The lowest BCUT2D eigenvalue weighted by atomic mass is 9.97. The van der Waals surface area contributed by atoms with Gasteiger partial charge >= 0.3 is 0 Å². The average Bonchev–Trinajstić information content (AvgIpc) is 2.56. The number of benzene rings is 2. The topological polar surface area (TPSA) is 50.9 Å². The fourth-order valence-corrected chi connectivity index (χ4v) is 3.25. The number of para-hydroxylation sites is 1. The minimum absolute atomic E-state index is 0.0766. The van der Waals surface area contributed by atoms with Crippen LogP contribution in [0.2, 0.25) is 0 Å². The molecule has 1 unspecified atom stereocenters. The fourth-order valence-electron chi connectivity index (χ4n) is 2.61. The smallest absolute Gasteiger partial charge is 0.0753 e.